The van der Waals surface area contributed by atoms with Crippen molar-refractivity contribution in [3.8, 4) is 0 Å². The Morgan fingerprint density at radius 2 is 2.07 bits per heavy atom. The Kier molecular flexibility index (Phi) is 3.05. The number of likely N-dealkylation sites (tertiary alicyclic amines) is 1. The Morgan fingerprint density at radius 1 is 1.33 bits per heavy atom. The van der Waals surface area contributed by atoms with Crippen molar-refractivity contribution in [1.82, 2.24) is 4.90 Å². The zero-order valence-electron chi connectivity index (χ0n) is 9.20. The van der Waals surface area contributed by atoms with Gasteiger partial charge in [-0.1, -0.05) is 31.2 Å². The monoisotopic (exact) mass is 203 g/mol. The minimum atomic E-state index is 0.273. The molecular weight excluding hydrogens is 186 g/mol. The zero-order valence-corrected chi connectivity index (χ0v) is 9.20. The first kappa shape index (κ1) is 10.2. The second-order valence-electron chi connectivity index (χ2n) is 4.08. The molecule has 1 heterocycles. The molecule has 0 aliphatic carbocycles. The third-order valence-electron chi connectivity index (χ3n) is 2.96. The molecule has 1 aromatic carbocycles. The van der Waals surface area contributed by atoms with Crippen LogP contribution in [0.1, 0.15) is 24.5 Å². The Hall–Kier alpha value is -1.31. The average molecular weight is 203 g/mol. The van der Waals surface area contributed by atoms with Gasteiger partial charge in [0.2, 0.25) is 5.91 Å². The number of aryl methyl sites for hydroxylation is 1. The van der Waals surface area contributed by atoms with E-state index in [1.165, 1.54) is 12.0 Å². The largest absolute Gasteiger partial charge is 0.342 e. The van der Waals surface area contributed by atoms with Crippen molar-refractivity contribution < 1.29 is 4.79 Å². The van der Waals surface area contributed by atoms with Crippen LogP contribution in [0.5, 0.6) is 0 Å². The molecule has 2 rings (SSSR count). The highest BCUT2D eigenvalue weighted by molar-refractivity contribution is 5.79. The number of benzene rings is 1. The van der Waals surface area contributed by atoms with Crippen LogP contribution in [-0.4, -0.2) is 23.9 Å². The predicted molar refractivity (Wildman–Crippen MR) is 60.7 cm³/mol. The highest BCUT2D eigenvalue weighted by Crippen LogP contribution is 2.11. The average Bonchev–Trinajstić information content (AvgIpc) is 2.15. The molecule has 0 N–H and O–H groups in total. The van der Waals surface area contributed by atoms with Crippen molar-refractivity contribution in [2.75, 3.05) is 13.1 Å². The predicted octanol–water partition coefficient (Wildman–Crippen LogP) is 2.02. The van der Waals surface area contributed by atoms with Crippen molar-refractivity contribution in [2.24, 2.45) is 0 Å². The lowest BCUT2D eigenvalue weighted by Gasteiger charge is -2.31. The number of rotatable bonds is 3. The maximum atomic E-state index is 11.7. The smallest absolute Gasteiger partial charge is 0.226 e. The van der Waals surface area contributed by atoms with E-state index in [0.29, 0.717) is 6.42 Å². The lowest BCUT2D eigenvalue weighted by atomic mass is 10.1. The molecular formula is C13H17NO. The van der Waals surface area contributed by atoms with E-state index in [-0.39, 0.29) is 5.91 Å². The number of carbonyl (C=O) groups is 1. The normalized spacial score (nSPS) is 14.9. The van der Waals surface area contributed by atoms with E-state index in [1.807, 2.05) is 17.0 Å². The summed E-state index contributed by atoms with van der Waals surface area (Å²) in [6, 6.07) is 8.32. The summed E-state index contributed by atoms with van der Waals surface area (Å²) in [5, 5.41) is 0. The molecule has 0 radical (unpaired) electrons. The van der Waals surface area contributed by atoms with Crippen LogP contribution in [0.15, 0.2) is 24.3 Å². The fourth-order valence-electron chi connectivity index (χ4n) is 1.81. The lowest BCUT2D eigenvalue weighted by Crippen LogP contribution is -2.42. The maximum Gasteiger partial charge on any atom is 0.226 e. The number of amides is 1. The van der Waals surface area contributed by atoms with Gasteiger partial charge in [-0.25, -0.2) is 0 Å². The van der Waals surface area contributed by atoms with Crippen LogP contribution in [-0.2, 0) is 17.6 Å². The lowest BCUT2D eigenvalue weighted by molar-refractivity contribution is -0.133. The van der Waals surface area contributed by atoms with E-state index in [9.17, 15) is 4.79 Å². The van der Waals surface area contributed by atoms with E-state index in [4.69, 9.17) is 0 Å². The van der Waals surface area contributed by atoms with Crippen molar-refractivity contribution in [3.05, 3.63) is 35.4 Å². The second-order valence-corrected chi connectivity index (χ2v) is 4.08. The van der Waals surface area contributed by atoms with Gasteiger partial charge in [0, 0.05) is 13.1 Å². The van der Waals surface area contributed by atoms with Crippen molar-refractivity contribution in [1.29, 1.82) is 0 Å². The summed E-state index contributed by atoms with van der Waals surface area (Å²) in [5.74, 6) is 0.273. The van der Waals surface area contributed by atoms with E-state index in [0.717, 1.165) is 25.1 Å². The molecule has 1 amide bonds. The molecule has 1 saturated heterocycles. The van der Waals surface area contributed by atoms with Gasteiger partial charge in [0.05, 0.1) is 6.42 Å². The van der Waals surface area contributed by atoms with Crippen LogP contribution in [0.3, 0.4) is 0 Å². The maximum absolute atomic E-state index is 11.7. The van der Waals surface area contributed by atoms with Gasteiger partial charge in [-0.2, -0.15) is 0 Å². The molecule has 2 nitrogen and oxygen atoms in total. The SMILES string of the molecule is CCc1cccc(CC(=O)N2CCC2)c1. The van der Waals surface area contributed by atoms with E-state index >= 15 is 0 Å². The fourth-order valence-corrected chi connectivity index (χ4v) is 1.81. The van der Waals surface area contributed by atoms with E-state index in [1.54, 1.807) is 0 Å². The van der Waals surface area contributed by atoms with Gasteiger partial charge in [0.25, 0.3) is 0 Å². The zero-order chi connectivity index (χ0) is 10.7. The van der Waals surface area contributed by atoms with Crippen molar-refractivity contribution in [2.45, 2.75) is 26.2 Å². The first-order valence-electron chi connectivity index (χ1n) is 5.65. The van der Waals surface area contributed by atoms with Gasteiger partial charge >= 0.3 is 0 Å². The Morgan fingerprint density at radius 3 is 2.67 bits per heavy atom. The molecule has 1 aliphatic rings. The van der Waals surface area contributed by atoms with Crippen LogP contribution >= 0.6 is 0 Å². The third kappa shape index (κ3) is 2.38. The number of hydrogen-bond donors (Lipinski definition) is 0. The number of hydrogen-bond acceptors (Lipinski definition) is 1. The molecule has 1 aliphatic heterocycles. The van der Waals surface area contributed by atoms with Crippen LogP contribution in [0.25, 0.3) is 0 Å². The number of carbonyl (C=O) groups excluding carboxylic acids is 1. The van der Waals surface area contributed by atoms with Crippen LogP contribution in [0.4, 0.5) is 0 Å². The van der Waals surface area contributed by atoms with Crippen molar-refractivity contribution in [3.63, 3.8) is 0 Å². The molecule has 0 unspecified atom stereocenters. The van der Waals surface area contributed by atoms with Crippen LogP contribution in [0, 0.1) is 0 Å². The molecule has 0 aromatic heterocycles. The standard InChI is InChI=1S/C13H17NO/c1-2-11-5-3-6-12(9-11)10-13(15)14-7-4-8-14/h3,5-6,9H,2,4,7-8,10H2,1H3. The Labute approximate surface area is 90.9 Å². The minimum absolute atomic E-state index is 0.273. The summed E-state index contributed by atoms with van der Waals surface area (Å²) >= 11 is 0. The summed E-state index contributed by atoms with van der Waals surface area (Å²) in [4.78, 5) is 13.6. The van der Waals surface area contributed by atoms with Gasteiger partial charge in [0.1, 0.15) is 0 Å². The van der Waals surface area contributed by atoms with Gasteiger partial charge < -0.3 is 4.90 Å². The Bertz CT molecular complexity index is 355. The van der Waals surface area contributed by atoms with E-state index < -0.39 is 0 Å². The summed E-state index contributed by atoms with van der Waals surface area (Å²) in [6.07, 6.45) is 2.76. The summed E-state index contributed by atoms with van der Waals surface area (Å²) in [6.45, 7) is 4.04. The molecule has 0 saturated carbocycles. The quantitative estimate of drug-likeness (QED) is 0.736. The molecule has 0 bridgehead atoms. The highest BCUT2D eigenvalue weighted by Gasteiger charge is 2.19. The fraction of sp³-hybridized carbons (Fsp3) is 0.462. The van der Waals surface area contributed by atoms with Gasteiger partial charge in [-0.15, -0.1) is 0 Å². The molecule has 1 aromatic rings. The molecule has 1 fully saturated rings. The summed E-state index contributed by atoms with van der Waals surface area (Å²) < 4.78 is 0. The summed E-state index contributed by atoms with van der Waals surface area (Å²) in [7, 11) is 0. The number of nitrogens with zero attached hydrogens (tertiary/aromatic N) is 1. The molecule has 80 valence electrons. The molecule has 0 atom stereocenters. The van der Waals surface area contributed by atoms with Crippen molar-refractivity contribution >= 4 is 5.91 Å². The molecule has 0 spiro atoms. The third-order valence-corrected chi connectivity index (χ3v) is 2.96. The Balaban J connectivity index is 1.99. The first-order valence-corrected chi connectivity index (χ1v) is 5.65. The van der Waals surface area contributed by atoms with Crippen LogP contribution < -0.4 is 0 Å². The molecule has 2 heteroatoms. The highest BCUT2D eigenvalue weighted by atomic mass is 16.2. The summed E-state index contributed by atoms with van der Waals surface area (Å²) in [5.41, 5.74) is 2.45. The second kappa shape index (κ2) is 4.47. The van der Waals surface area contributed by atoms with Gasteiger partial charge in [-0.3, -0.25) is 4.79 Å². The minimum Gasteiger partial charge on any atom is -0.342 e. The van der Waals surface area contributed by atoms with Gasteiger partial charge in [0.15, 0.2) is 0 Å². The van der Waals surface area contributed by atoms with Gasteiger partial charge in [-0.05, 0) is 24.0 Å². The van der Waals surface area contributed by atoms with Crippen LogP contribution in [0.2, 0.25) is 0 Å². The topological polar surface area (TPSA) is 20.3 Å². The van der Waals surface area contributed by atoms with E-state index in [2.05, 4.69) is 19.1 Å². The first-order chi connectivity index (χ1) is 7.29. The molecule has 15 heavy (non-hydrogen) atoms.